The van der Waals surface area contributed by atoms with E-state index < -0.39 is 5.97 Å². The number of aromatic nitrogens is 3. The molecule has 0 bridgehead atoms. The van der Waals surface area contributed by atoms with Crippen LogP contribution in [0.1, 0.15) is 31.7 Å². The highest BCUT2D eigenvalue weighted by Crippen LogP contribution is 2.32. The standard InChI is InChI=1S/C14H17N3O3/c1-20-12-7-4-10-8-17(16-13(10)15-12)11-5-2-9(3-6-11)14(18)19/h4,7-9,11H,2-3,5-6H2,1H3,(H,18,19)/t9-,11-. The quantitative estimate of drug-likeness (QED) is 0.929. The van der Waals surface area contributed by atoms with E-state index >= 15 is 0 Å². The second-order valence-electron chi connectivity index (χ2n) is 5.22. The number of pyridine rings is 1. The number of carboxylic acids is 1. The minimum atomic E-state index is -0.680. The molecule has 2 aromatic rings. The molecule has 2 heterocycles. The molecular weight excluding hydrogens is 258 g/mol. The van der Waals surface area contributed by atoms with Gasteiger partial charge in [-0.15, -0.1) is 0 Å². The Bertz CT molecular complexity index is 630. The van der Waals surface area contributed by atoms with Crippen LogP contribution in [0.25, 0.3) is 11.0 Å². The molecule has 1 fully saturated rings. The van der Waals surface area contributed by atoms with Gasteiger partial charge in [0.2, 0.25) is 5.88 Å². The summed E-state index contributed by atoms with van der Waals surface area (Å²) >= 11 is 0. The van der Waals surface area contributed by atoms with Crippen molar-refractivity contribution in [3.63, 3.8) is 0 Å². The molecule has 0 aliphatic heterocycles. The number of carboxylic acid groups (broad SMARTS) is 1. The molecule has 0 radical (unpaired) electrons. The summed E-state index contributed by atoms with van der Waals surface area (Å²) in [6, 6.07) is 4.02. The van der Waals surface area contributed by atoms with Gasteiger partial charge < -0.3 is 9.84 Å². The number of aliphatic carboxylic acids is 1. The predicted molar refractivity (Wildman–Crippen MR) is 72.7 cm³/mol. The molecule has 6 nitrogen and oxygen atoms in total. The maximum atomic E-state index is 11.0. The highest BCUT2D eigenvalue weighted by Gasteiger charge is 2.27. The minimum absolute atomic E-state index is 0.200. The summed E-state index contributed by atoms with van der Waals surface area (Å²) in [5, 5.41) is 14.5. The van der Waals surface area contributed by atoms with Gasteiger partial charge in [0.1, 0.15) is 0 Å². The predicted octanol–water partition coefficient (Wildman–Crippen LogP) is 2.26. The zero-order chi connectivity index (χ0) is 14.1. The largest absolute Gasteiger partial charge is 0.481 e. The number of fused-ring (bicyclic) bond motifs is 1. The molecule has 1 aliphatic rings. The minimum Gasteiger partial charge on any atom is -0.481 e. The highest BCUT2D eigenvalue weighted by molar-refractivity contribution is 5.74. The van der Waals surface area contributed by atoms with Gasteiger partial charge in [-0.05, 0) is 31.7 Å². The number of carbonyl (C=O) groups is 1. The van der Waals surface area contributed by atoms with Crippen molar-refractivity contribution in [1.29, 1.82) is 0 Å². The normalized spacial score (nSPS) is 22.9. The Hall–Kier alpha value is -2.11. The van der Waals surface area contributed by atoms with Crippen LogP contribution in [0, 0.1) is 5.92 Å². The summed E-state index contributed by atoms with van der Waals surface area (Å²) in [7, 11) is 1.58. The van der Waals surface area contributed by atoms with E-state index in [4.69, 9.17) is 9.84 Å². The monoisotopic (exact) mass is 275 g/mol. The van der Waals surface area contributed by atoms with Gasteiger partial charge in [-0.3, -0.25) is 9.48 Å². The molecule has 2 aromatic heterocycles. The Morgan fingerprint density at radius 3 is 2.75 bits per heavy atom. The maximum absolute atomic E-state index is 11.0. The topological polar surface area (TPSA) is 77.2 Å². The molecule has 0 amide bonds. The lowest BCUT2D eigenvalue weighted by molar-refractivity contribution is -0.143. The second kappa shape index (κ2) is 5.11. The first-order valence-corrected chi connectivity index (χ1v) is 6.80. The molecule has 0 saturated heterocycles. The summed E-state index contributed by atoms with van der Waals surface area (Å²) in [6.45, 7) is 0. The van der Waals surface area contributed by atoms with Crippen molar-refractivity contribution in [3.8, 4) is 5.88 Å². The first kappa shape index (κ1) is 12.9. The van der Waals surface area contributed by atoms with Gasteiger partial charge in [0.25, 0.3) is 0 Å². The van der Waals surface area contributed by atoms with E-state index in [-0.39, 0.29) is 12.0 Å². The van der Waals surface area contributed by atoms with E-state index in [2.05, 4.69) is 10.1 Å². The van der Waals surface area contributed by atoms with Crippen LogP contribution in [0.4, 0.5) is 0 Å². The highest BCUT2D eigenvalue weighted by atomic mass is 16.5. The van der Waals surface area contributed by atoms with Gasteiger partial charge in [-0.25, -0.2) is 0 Å². The number of hydrogen-bond acceptors (Lipinski definition) is 4. The number of rotatable bonds is 3. The van der Waals surface area contributed by atoms with E-state index in [1.807, 2.05) is 23.0 Å². The van der Waals surface area contributed by atoms with Crippen molar-refractivity contribution in [2.75, 3.05) is 7.11 Å². The molecule has 20 heavy (non-hydrogen) atoms. The van der Waals surface area contributed by atoms with Gasteiger partial charge in [0, 0.05) is 17.6 Å². The van der Waals surface area contributed by atoms with Crippen molar-refractivity contribution in [2.24, 2.45) is 5.92 Å². The average Bonchev–Trinajstić information content (AvgIpc) is 2.90. The van der Waals surface area contributed by atoms with Crippen molar-refractivity contribution >= 4 is 17.0 Å². The van der Waals surface area contributed by atoms with Gasteiger partial charge in [-0.2, -0.15) is 10.1 Å². The third-order valence-corrected chi connectivity index (χ3v) is 3.99. The van der Waals surface area contributed by atoms with Crippen molar-refractivity contribution in [3.05, 3.63) is 18.3 Å². The van der Waals surface area contributed by atoms with E-state index in [0.717, 1.165) is 18.2 Å². The van der Waals surface area contributed by atoms with E-state index in [1.54, 1.807) is 7.11 Å². The lowest BCUT2D eigenvalue weighted by Crippen LogP contribution is -2.23. The third-order valence-electron chi connectivity index (χ3n) is 3.99. The van der Waals surface area contributed by atoms with Crippen LogP contribution in [0.2, 0.25) is 0 Å². The molecule has 6 heteroatoms. The van der Waals surface area contributed by atoms with Crippen LogP contribution in [0.3, 0.4) is 0 Å². The lowest BCUT2D eigenvalue weighted by atomic mass is 9.86. The summed E-state index contributed by atoms with van der Waals surface area (Å²) in [5.41, 5.74) is 0.671. The van der Waals surface area contributed by atoms with Crippen molar-refractivity contribution < 1.29 is 14.6 Å². The fourth-order valence-corrected chi connectivity index (χ4v) is 2.79. The van der Waals surface area contributed by atoms with Gasteiger partial charge in [-0.1, -0.05) is 0 Å². The molecule has 0 unspecified atom stereocenters. The molecule has 0 aromatic carbocycles. The van der Waals surface area contributed by atoms with Crippen LogP contribution in [-0.4, -0.2) is 33.0 Å². The zero-order valence-electron chi connectivity index (χ0n) is 11.3. The van der Waals surface area contributed by atoms with Crippen LogP contribution in [0.5, 0.6) is 5.88 Å². The number of ether oxygens (including phenoxy) is 1. The van der Waals surface area contributed by atoms with E-state index in [1.165, 1.54) is 0 Å². The van der Waals surface area contributed by atoms with E-state index in [9.17, 15) is 4.79 Å². The van der Waals surface area contributed by atoms with Gasteiger partial charge >= 0.3 is 5.97 Å². The summed E-state index contributed by atoms with van der Waals surface area (Å²) in [6.07, 6.45) is 5.11. The number of nitrogens with zero attached hydrogens (tertiary/aromatic N) is 3. The maximum Gasteiger partial charge on any atom is 0.306 e. The van der Waals surface area contributed by atoms with E-state index in [0.29, 0.717) is 24.4 Å². The molecule has 0 spiro atoms. The van der Waals surface area contributed by atoms with Gasteiger partial charge in [0.05, 0.1) is 19.1 Å². The molecular formula is C14H17N3O3. The lowest BCUT2D eigenvalue weighted by Gasteiger charge is -2.26. The molecule has 1 aliphatic carbocycles. The molecule has 0 atom stereocenters. The Kier molecular flexibility index (Phi) is 3.30. The van der Waals surface area contributed by atoms with Crippen molar-refractivity contribution in [2.45, 2.75) is 31.7 Å². The zero-order valence-corrected chi connectivity index (χ0v) is 11.3. The molecule has 106 valence electrons. The Labute approximate surface area is 116 Å². The smallest absolute Gasteiger partial charge is 0.306 e. The average molecular weight is 275 g/mol. The van der Waals surface area contributed by atoms with Gasteiger partial charge in [0.15, 0.2) is 5.65 Å². The van der Waals surface area contributed by atoms with Crippen molar-refractivity contribution in [1.82, 2.24) is 14.8 Å². The molecule has 1 saturated carbocycles. The van der Waals surface area contributed by atoms with Crippen LogP contribution in [0.15, 0.2) is 18.3 Å². The number of hydrogen-bond donors (Lipinski definition) is 1. The Balaban J connectivity index is 1.79. The van der Waals surface area contributed by atoms with Crippen LogP contribution in [-0.2, 0) is 4.79 Å². The SMILES string of the molecule is COc1ccc2cn([C@H]3CC[C@H](C(=O)O)CC3)nc2n1. The summed E-state index contributed by atoms with van der Waals surface area (Å²) < 4.78 is 7.02. The summed E-state index contributed by atoms with van der Waals surface area (Å²) in [5.74, 6) is -0.327. The third kappa shape index (κ3) is 2.33. The van der Waals surface area contributed by atoms with Crippen LogP contribution >= 0.6 is 0 Å². The molecule has 3 rings (SSSR count). The Morgan fingerprint density at radius 1 is 1.35 bits per heavy atom. The first-order chi connectivity index (χ1) is 9.67. The summed E-state index contributed by atoms with van der Waals surface area (Å²) in [4.78, 5) is 15.3. The first-order valence-electron chi connectivity index (χ1n) is 6.80. The second-order valence-corrected chi connectivity index (χ2v) is 5.22. The fraction of sp³-hybridized carbons (Fsp3) is 0.500. The number of methoxy groups -OCH3 is 1. The van der Waals surface area contributed by atoms with Crippen LogP contribution < -0.4 is 4.74 Å². The molecule has 1 N–H and O–H groups in total. The Morgan fingerprint density at radius 2 is 2.10 bits per heavy atom. The fourth-order valence-electron chi connectivity index (χ4n) is 2.79.